The van der Waals surface area contributed by atoms with Crippen LogP contribution in [0.1, 0.15) is 13.3 Å². The number of rotatable bonds is 2. The van der Waals surface area contributed by atoms with Crippen LogP contribution in [0.25, 0.3) is 21.5 Å². The van der Waals surface area contributed by atoms with Gasteiger partial charge in [-0.05, 0) is 27.6 Å². The monoisotopic (exact) mass is 314 g/mol. The van der Waals surface area contributed by atoms with Crippen molar-refractivity contribution in [2.75, 3.05) is 0 Å². The van der Waals surface area contributed by atoms with Crippen LogP contribution in [0.3, 0.4) is 0 Å². The summed E-state index contributed by atoms with van der Waals surface area (Å²) in [5.41, 5.74) is 0. The molecule has 0 saturated heterocycles. The normalized spacial score (nSPS) is 11.2. The number of hydrogen-bond acceptors (Lipinski definition) is 0. The minimum absolute atomic E-state index is 1.18. The summed E-state index contributed by atoms with van der Waals surface area (Å²) >= 11 is 5.97. The molecule has 0 spiro atoms. The van der Waals surface area contributed by atoms with Gasteiger partial charge in [0.2, 0.25) is 0 Å². The van der Waals surface area contributed by atoms with E-state index in [1.807, 2.05) is 0 Å². The molecule has 0 heterocycles. The maximum atomic E-state index is 5.97. The van der Waals surface area contributed by atoms with Crippen LogP contribution >= 0.6 is 11.1 Å². The van der Waals surface area contributed by atoms with Gasteiger partial charge in [-0.3, -0.25) is 0 Å². The van der Waals surface area contributed by atoms with Crippen LogP contribution in [-0.4, -0.2) is 7.38 Å². The standard InChI is InChI=1S/C14H10.C5H13ClSi/c1-3-7-13-11(5-1)9-10-12-6-2-4-8-14(12)13;1-4-5-7(2,3)6/h1-10H;4-5H2,1-3H3. The molecule has 0 atom stereocenters. The topological polar surface area (TPSA) is 0 Å². The maximum absolute atomic E-state index is 5.97. The third kappa shape index (κ3) is 4.59. The quantitative estimate of drug-likeness (QED) is 0.276. The minimum atomic E-state index is -1.18. The predicted molar refractivity (Wildman–Crippen MR) is 99.9 cm³/mol. The van der Waals surface area contributed by atoms with Gasteiger partial charge in [0.15, 0.2) is 0 Å². The highest BCUT2D eigenvalue weighted by Crippen LogP contribution is 2.24. The first-order chi connectivity index (χ1) is 10.0. The molecule has 0 bridgehead atoms. The summed E-state index contributed by atoms with van der Waals surface area (Å²) in [5, 5.41) is 5.30. The van der Waals surface area contributed by atoms with Gasteiger partial charge in [0, 0.05) is 0 Å². The molecule has 0 fully saturated rings. The first-order valence-corrected chi connectivity index (χ1v) is 11.8. The molecule has 0 aliphatic heterocycles. The highest BCUT2D eigenvalue weighted by molar-refractivity contribution is 7.19. The largest absolute Gasteiger partial charge is 0.168 e. The summed E-state index contributed by atoms with van der Waals surface area (Å²) < 4.78 is 0. The third-order valence-corrected chi connectivity index (χ3v) is 5.75. The van der Waals surface area contributed by atoms with E-state index in [1.165, 1.54) is 34.0 Å². The molecule has 0 saturated carbocycles. The number of hydrogen-bond donors (Lipinski definition) is 0. The van der Waals surface area contributed by atoms with Crippen molar-refractivity contribution < 1.29 is 0 Å². The second kappa shape index (κ2) is 7.10. The van der Waals surface area contributed by atoms with Crippen LogP contribution < -0.4 is 0 Å². The van der Waals surface area contributed by atoms with Crippen LogP contribution in [0, 0.1) is 0 Å². The van der Waals surface area contributed by atoms with Crippen molar-refractivity contribution in [1.82, 2.24) is 0 Å². The molecular weight excluding hydrogens is 292 g/mol. The van der Waals surface area contributed by atoms with Crippen molar-refractivity contribution in [3.63, 3.8) is 0 Å². The Morgan fingerprint density at radius 3 is 1.52 bits per heavy atom. The lowest BCUT2D eigenvalue weighted by atomic mass is 10.0. The summed E-state index contributed by atoms with van der Waals surface area (Å²) in [7, 11) is -1.18. The third-order valence-electron chi connectivity index (χ3n) is 3.50. The lowest BCUT2D eigenvalue weighted by Crippen LogP contribution is -2.14. The highest BCUT2D eigenvalue weighted by Gasteiger charge is 2.13. The molecule has 0 radical (unpaired) electrons. The SMILES string of the molecule is CCC[Si](C)(C)Cl.c1ccc2c(c1)ccc1ccccc12. The van der Waals surface area contributed by atoms with Crippen molar-refractivity contribution in [1.29, 1.82) is 0 Å². The maximum Gasteiger partial charge on any atom is 0.150 e. The number of benzene rings is 3. The second-order valence-corrected chi connectivity index (χ2v) is 13.0. The Hall–Kier alpha value is -1.31. The van der Waals surface area contributed by atoms with Crippen molar-refractivity contribution in [3.8, 4) is 0 Å². The van der Waals surface area contributed by atoms with Gasteiger partial charge < -0.3 is 0 Å². The minimum Gasteiger partial charge on any atom is -0.168 e. The first kappa shape index (κ1) is 16.1. The molecule has 2 heteroatoms. The molecule has 3 aromatic rings. The molecule has 21 heavy (non-hydrogen) atoms. The zero-order valence-corrected chi connectivity index (χ0v) is 14.8. The number of halogens is 1. The Balaban J connectivity index is 0.000000199. The fourth-order valence-corrected chi connectivity index (χ4v) is 4.31. The Kier molecular flexibility index (Phi) is 5.43. The van der Waals surface area contributed by atoms with E-state index in [2.05, 4.69) is 80.7 Å². The molecule has 0 N–H and O–H groups in total. The van der Waals surface area contributed by atoms with E-state index in [-0.39, 0.29) is 0 Å². The second-order valence-electron chi connectivity index (χ2n) is 5.98. The molecule has 110 valence electrons. The summed E-state index contributed by atoms with van der Waals surface area (Å²) in [6.07, 6.45) is 1.24. The van der Waals surface area contributed by atoms with Gasteiger partial charge in [-0.25, -0.2) is 0 Å². The molecule has 0 aliphatic carbocycles. The zero-order valence-electron chi connectivity index (χ0n) is 13.1. The molecule has 0 aliphatic rings. The van der Waals surface area contributed by atoms with Gasteiger partial charge in [0.25, 0.3) is 0 Å². The van der Waals surface area contributed by atoms with Crippen molar-refractivity contribution in [2.45, 2.75) is 32.5 Å². The first-order valence-electron chi connectivity index (χ1n) is 7.57. The summed E-state index contributed by atoms with van der Waals surface area (Å²) in [4.78, 5) is 0. The number of fused-ring (bicyclic) bond motifs is 3. The summed E-state index contributed by atoms with van der Waals surface area (Å²) in [6, 6.07) is 22.6. The van der Waals surface area contributed by atoms with E-state index in [1.54, 1.807) is 0 Å². The van der Waals surface area contributed by atoms with Gasteiger partial charge >= 0.3 is 0 Å². The Morgan fingerprint density at radius 1 is 0.762 bits per heavy atom. The Morgan fingerprint density at radius 2 is 1.19 bits per heavy atom. The van der Waals surface area contributed by atoms with Crippen molar-refractivity contribution >= 4 is 40.0 Å². The Labute approximate surface area is 133 Å². The van der Waals surface area contributed by atoms with Gasteiger partial charge in [-0.2, -0.15) is 11.1 Å². The molecule has 3 aromatic carbocycles. The van der Waals surface area contributed by atoms with E-state index in [0.29, 0.717) is 0 Å². The van der Waals surface area contributed by atoms with Crippen molar-refractivity contribution in [3.05, 3.63) is 60.7 Å². The van der Waals surface area contributed by atoms with Crippen molar-refractivity contribution in [2.24, 2.45) is 0 Å². The van der Waals surface area contributed by atoms with Gasteiger partial charge in [0.1, 0.15) is 7.38 Å². The van der Waals surface area contributed by atoms with Crippen LogP contribution in [0.4, 0.5) is 0 Å². The predicted octanol–water partition coefficient (Wildman–Crippen LogP) is 6.83. The smallest absolute Gasteiger partial charge is 0.150 e. The van der Waals surface area contributed by atoms with Crippen LogP contribution in [0.15, 0.2) is 60.7 Å². The zero-order chi connectivity index (χ0) is 15.3. The van der Waals surface area contributed by atoms with E-state index >= 15 is 0 Å². The fourth-order valence-electron chi connectivity index (χ4n) is 2.55. The lowest BCUT2D eigenvalue weighted by Gasteiger charge is -2.08. The van der Waals surface area contributed by atoms with Gasteiger partial charge in [0.05, 0.1) is 0 Å². The highest BCUT2D eigenvalue weighted by atomic mass is 35.6. The van der Waals surface area contributed by atoms with Crippen LogP contribution in [-0.2, 0) is 0 Å². The molecule has 0 aromatic heterocycles. The molecule has 0 nitrogen and oxygen atoms in total. The van der Waals surface area contributed by atoms with E-state index in [0.717, 1.165) is 0 Å². The van der Waals surface area contributed by atoms with E-state index in [4.69, 9.17) is 11.1 Å². The molecule has 0 unspecified atom stereocenters. The summed E-state index contributed by atoms with van der Waals surface area (Å²) in [5.74, 6) is 0. The van der Waals surface area contributed by atoms with Crippen LogP contribution in [0.2, 0.25) is 19.1 Å². The summed E-state index contributed by atoms with van der Waals surface area (Å²) in [6.45, 7) is 6.53. The van der Waals surface area contributed by atoms with Crippen LogP contribution in [0.5, 0.6) is 0 Å². The average Bonchev–Trinajstić information content (AvgIpc) is 2.46. The molecule has 0 amide bonds. The van der Waals surface area contributed by atoms with Gasteiger partial charge in [-0.15, -0.1) is 0 Å². The Bertz CT molecular complexity index is 658. The molecular formula is C19H23ClSi. The molecule has 3 rings (SSSR count). The fraction of sp³-hybridized carbons (Fsp3) is 0.263. The van der Waals surface area contributed by atoms with E-state index in [9.17, 15) is 0 Å². The van der Waals surface area contributed by atoms with E-state index < -0.39 is 7.38 Å². The van der Waals surface area contributed by atoms with Gasteiger partial charge in [-0.1, -0.05) is 87.1 Å². The average molecular weight is 315 g/mol. The lowest BCUT2D eigenvalue weighted by molar-refractivity contribution is 1.06.